The molecule has 1 N–H and O–H groups in total. The van der Waals surface area contributed by atoms with Gasteiger partial charge in [0.2, 0.25) is 0 Å². The Balaban J connectivity index is 2.25. The van der Waals surface area contributed by atoms with Crippen molar-refractivity contribution in [1.29, 1.82) is 0 Å². The van der Waals surface area contributed by atoms with E-state index in [0.29, 0.717) is 17.9 Å². The van der Waals surface area contributed by atoms with Crippen molar-refractivity contribution in [3.63, 3.8) is 0 Å². The van der Waals surface area contributed by atoms with Crippen LogP contribution in [-0.2, 0) is 4.74 Å². The van der Waals surface area contributed by atoms with E-state index in [1.807, 2.05) is 0 Å². The lowest BCUT2D eigenvalue weighted by Crippen LogP contribution is -2.41. The van der Waals surface area contributed by atoms with Gasteiger partial charge in [-0.3, -0.25) is 0 Å². The maximum atomic E-state index is 9.10. The molecule has 0 aromatic carbocycles. The van der Waals surface area contributed by atoms with Crippen molar-refractivity contribution in [2.24, 2.45) is 11.3 Å². The summed E-state index contributed by atoms with van der Waals surface area (Å²) in [4.78, 5) is 0. The molecule has 1 rings (SSSR count). The Labute approximate surface area is 74.9 Å². The second kappa shape index (κ2) is 4.24. The molecule has 2 nitrogen and oxygen atoms in total. The van der Waals surface area contributed by atoms with Crippen LogP contribution in [0.3, 0.4) is 0 Å². The van der Waals surface area contributed by atoms with Gasteiger partial charge in [0.25, 0.3) is 0 Å². The molecule has 0 aromatic rings. The molecule has 0 amide bonds. The summed E-state index contributed by atoms with van der Waals surface area (Å²) in [5.41, 5.74) is 0.364. The summed E-state index contributed by atoms with van der Waals surface area (Å²) < 4.78 is 5.18. The summed E-state index contributed by atoms with van der Waals surface area (Å²) in [5, 5.41) is 9.10. The van der Waals surface area contributed by atoms with E-state index in [1.165, 1.54) is 6.42 Å². The van der Waals surface area contributed by atoms with Crippen LogP contribution in [0.15, 0.2) is 0 Å². The number of aliphatic hydroxyl groups is 1. The molecule has 1 heterocycles. The van der Waals surface area contributed by atoms with E-state index in [9.17, 15) is 0 Å². The predicted octanol–water partition coefficient (Wildman–Crippen LogP) is 1.82. The number of ether oxygens (including phenoxy) is 1. The van der Waals surface area contributed by atoms with Crippen molar-refractivity contribution >= 4 is 0 Å². The van der Waals surface area contributed by atoms with E-state index in [1.54, 1.807) is 0 Å². The van der Waals surface area contributed by atoms with E-state index in [2.05, 4.69) is 13.8 Å². The van der Waals surface area contributed by atoms with Crippen LogP contribution >= 0.6 is 0 Å². The van der Waals surface area contributed by atoms with E-state index < -0.39 is 0 Å². The van der Waals surface area contributed by atoms with Crippen LogP contribution in [0.25, 0.3) is 0 Å². The van der Waals surface area contributed by atoms with Crippen molar-refractivity contribution in [3.05, 3.63) is 0 Å². The molecule has 1 saturated heterocycles. The minimum Gasteiger partial charge on any atom is -0.396 e. The molecule has 72 valence electrons. The lowest BCUT2D eigenvalue weighted by molar-refractivity contribution is -0.115. The van der Waals surface area contributed by atoms with Crippen LogP contribution < -0.4 is 0 Å². The topological polar surface area (TPSA) is 29.5 Å². The highest BCUT2D eigenvalue weighted by Gasteiger charge is 2.35. The van der Waals surface area contributed by atoms with Crippen molar-refractivity contribution in [1.82, 2.24) is 0 Å². The van der Waals surface area contributed by atoms with Gasteiger partial charge in [-0.1, -0.05) is 20.3 Å². The molecular weight excluding hydrogens is 152 g/mol. The zero-order chi connectivity index (χ0) is 9.03. The maximum absolute atomic E-state index is 9.10. The Hall–Kier alpha value is -0.0800. The van der Waals surface area contributed by atoms with E-state index in [-0.39, 0.29) is 0 Å². The molecule has 1 aliphatic rings. The molecule has 1 unspecified atom stereocenters. The molecule has 1 aliphatic heterocycles. The van der Waals surface area contributed by atoms with Gasteiger partial charge in [0, 0.05) is 12.0 Å². The molecule has 12 heavy (non-hydrogen) atoms. The molecule has 0 aliphatic carbocycles. The van der Waals surface area contributed by atoms with Crippen LogP contribution in [-0.4, -0.2) is 24.9 Å². The number of aliphatic hydroxyl groups excluding tert-OH is 1. The Bertz CT molecular complexity index is 130. The van der Waals surface area contributed by atoms with Crippen LogP contribution in [0, 0.1) is 11.3 Å². The second-order valence-electron chi connectivity index (χ2n) is 4.34. The van der Waals surface area contributed by atoms with Gasteiger partial charge in [-0.25, -0.2) is 0 Å². The van der Waals surface area contributed by atoms with Crippen LogP contribution in [0.4, 0.5) is 0 Å². The molecule has 0 spiro atoms. The van der Waals surface area contributed by atoms with Gasteiger partial charge in [0.05, 0.1) is 13.2 Å². The summed E-state index contributed by atoms with van der Waals surface area (Å²) >= 11 is 0. The minimum atomic E-state index is 0.337. The first-order valence-electron chi connectivity index (χ1n) is 4.89. The fourth-order valence-electron chi connectivity index (χ4n) is 1.93. The largest absolute Gasteiger partial charge is 0.396 e. The zero-order valence-corrected chi connectivity index (χ0v) is 8.18. The van der Waals surface area contributed by atoms with Gasteiger partial charge >= 0.3 is 0 Å². The Kier molecular flexibility index (Phi) is 3.53. The Morgan fingerprint density at radius 2 is 2.17 bits per heavy atom. The van der Waals surface area contributed by atoms with Crippen LogP contribution in [0.5, 0.6) is 0 Å². The second-order valence-corrected chi connectivity index (χ2v) is 4.34. The fraction of sp³-hybridized carbons (Fsp3) is 1.00. The number of hydrogen-bond acceptors (Lipinski definition) is 2. The molecule has 1 atom stereocenters. The maximum Gasteiger partial charge on any atom is 0.0542 e. The first-order valence-corrected chi connectivity index (χ1v) is 4.89. The summed E-state index contributed by atoms with van der Waals surface area (Å²) in [5.74, 6) is 0.490. The average molecular weight is 172 g/mol. The first kappa shape index (κ1) is 10.0. The highest BCUT2D eigenvalue weighted by molar-refractivity contribution is 4.83. The molecule has 2 heteroatoms. The van der Waals surface area contributed by atoms with Gasteiger partial charge in [-0.15, -0.1) is 0 Å². The zero-order valence-electron chi connectivity index (χ0n) is 8.18. The van der Waals surface area contributed by atoms with Gasteiger partial charge in [-0.2, -0.15) is 0 Å². The quantitative estimate of drug-likeness (QED) is 0.685. The van der Waals surface area contributed by atoms with Crippen molar-refractivity contribution in [2.75, 3.05) is 19.8 Å². The van der Waals surface area contributed by atoms with Gasteiger partial charge in [-0.05, 0) is 18.8 Å². The minimum absolute atomic E-state index is 0.337. The molecule has 0 radical (unpaired) electrons. The Morgan fingerprint density at radius 1 is 1.50 bits per heavy atom. The molecule has 0 aromatic heterocycles. The number of rotatable bonds is 5. The fourth-order valence-corrected chi connectivity index (χ4v) is 1.93. The van der Waals surface area contributed by atoms with Crippen molar-refractivity contribution < 1.29 is 9.84 Å². The standard InChI is InChI=1S/C10H20O2/c1-3-4-9(6-11)5-10(2)7-12-8-10/h9,11H,3-8H2,1-2H3. The molecule has 0 saturated carbocycles. The van der Waals surface area contributed by atoms with Crippen LogP contribution in [0.1, 0.15) is 33.1 Å². The lowest BCUT2D eigenvalue weighted by atomic mass is 9.78. The smallest absolute Gasteiger partial charge is 0.0542 e. The van der Waals surface area contributed by atoms with Gasteiger partial charge < -0.3 is 9.84 Å². The Morgan fingerprint density at radius 3 is 2.50 bits per heavy atom. The van der Waals surface area contributed by atoms with Crippen molar-refractivity contribution in [2.45, 2.75) is 33.1 Å². The third kappa shape index (κ3) is 2.46. The highest BCUT2D eigenvalue weighted by Crippen LogP contribution is 2.34. The molecule has 1 fully saturated rings. The molecule has 0 bridgehead atoms. The summed E-state index contributed by atoms with van der Waals surface area (Å²) in [7, 11) is 0. The van der Waals surface area contributed by atoms with E-state index in [0.717, 1.165) is 26.1 Å². The van der Waals surface area contributed by atoms with Crippen LogP contribution in [0.2, 0.25) is 0 Å². The third-order valence-electron chi connectivity index (χ3n) is 2.64. The summed E-state index contributed by atoms with van der Waals surface area (Å²) in [6.07, 6.45) is 3.44. The summed E-state index contributed by atoms with van der Waals surface area (Å²) in [6.45, 7) is 6.51. The lowest BCUT2D eigenvalue weighted by Gasteiger charge is -2.40. The monoisotopic (exact) mass is 172 g/mol. The molecular formula is C10H20O2. The summed E-state index contributed by atoms with van der Waals surface area (Å²) in [6, 6.07) is 0. The highest BCUT2D eigenvalue weighted by atomic mass is 16.5. The average Bonchev–Trinajstić information content (AvgIpc) is 2.01. The van der Waals surface area contributed by atoms with Gasteiger partial charge in [0.1, 0.15) is 0 Å². The first-order chi connectivity index (χ1) is 5.70. The normalized spacial score (nSPS) is 23.2. The van der Waals surface area contributed by atoms with Crippen molar-refractivity contribution in [3.8, 4) is 0 Å². The third-order valence-corrected chi connectivity index (χ3v) is 2.64. The van der Waals surface area contributed by atoms with E-state index in [4.69, 9.17) is 9.84 Å². The van der Waals surface area contributed by atoms with Gasteiger partial charge in [0.15, 0.2) is 0 Å². The van der Waals surface area contributed by atoms with E-state index >= 15 is 0 Å². The SMILES string of the molecule is CCCC(CO)CC1(C)COC1. The predicted molar refractivity (Wildman–Crippen MR) is 49.0 cm³/mol. The number of hydrogen-bond donors (Lipinski definition) is 1.